The lowest BCUT2D eigenvalue weighted by Gasteiger charge is -2.11. The first-order valence-electron chi connectivity index (χ1n) is 7.93. The fourth-order valence-electron chi connectivity index (χ4n) is 3.13. The Morgan fingerprint density at radius 1 is 0.958 bits per heavy atom. The highest BCUT2D eigenvalue weighted by atomic mass is 32.1. The number of nitrogens with one attached hydrogen (secondary N) is 1. The predicted octanol–water partition coefficient (Wildman–Crippen LogP) is 4.98. The van der Waals surface area contributed by atoms with E-state index in [-0.39, 0.29) is 0 Å². The van der Waals surface area contributed by atoms with Crippen LogP contribution >= 0.6 is 12.2 Å². The van der Waals surface area contributed by atoms with Crippen molar-refractivity contribution in [2.24, 2.45) is 0 Å². The van der Waals surface area contributed by atoms with Gasteiger partial charge >= 0.3 is 0 Å². The zero-order valence-corrected chi connectivity index (χ0v) is 14.2. The second-order valence-corrected chi connectivity index (χ2v) is 6.27. The third-order valence-corrected chi connectivity index (χ3v) is 4.60. The van der Waals surface area contributed by atoms with Crippen molar-refractivity contribution >= 4 is 23.0 Å². The van der Waals surface area contributed by atoms with Crippen LogP contribution in [0.5, 0.6) is 0 Å². The summed E-state index contributed by atoms with van der Waals surface area (Å²) in [6, 6.07) is 23.0. The standard InChI is InChI=1S/C20H17N3S/c1-14-7-2-5-12-18(14)23-19(21-22-20(23)24)13-16-10-6-9-15-8-3-4-11-17(15)16/h2-12H,13H2,1H3,(H,22,24). The molecule has 118 valence electrons. The number of para-hydroxylation sites is 1. The second kappa shape index (κ2) is 6.06. The van der Waals surface area contributed by atoms with Gasteiger partial charge in [-0.05, 0) is 47.1 Å². The molecule has 1 aromatic heterocycles. The molecule has 0 aliphatic carbocycles. The van der Waals surface area contributed by atoms with Gasteiger partial charge < -0.3 is 0 Å². The summed E-state index contributed by atoms with van der Waals surface area (Å²) in [5, 5.41) is 9.93. The van der Waals surface area contributed by atoms with Crippen LogP contribution in [-0.2, 0) is 6.42 Å². The van der Waals surface area contributed by atoms with Gasteiger partial charge in [-0.1, -0.05) is 60.7 Å². The van der Waals surface area contributed by atoms with E-state index in [1.807, 2.05) is 16.7 Å². The molecule has 0 saturated carbocycles. The molecule has 24 heavy (non-hydrogen) atoms. The first-order valence-corrected chi connectivity index (χ1v) is 8.34. The first-order chi connectivity index (χ1) is 11.7. The molecule has 4 heteroatoms. The van der Waals surface area contributed by atoms with Crippen molar-refractivity contribution in [1.29, 1.82) is 0 Å². The lowest BCUT2D eigenvalue weighted by molar-refractivity contribution is 0.900. The molecule has 0 amide bonds. The third-order valence-electron chi connectivity index (χ3n) is 4.33. The Hall–Kier alpha value is -2.72. The molecule has 0 fully saturated rings. The maximum Gasteiger partial charge on any atom is 0.199 e. The van der Waals surface area contributed by atoms with Crippen molar-refractivity contribution in [3.63, 3.8) is 0 Å². The highest BCUT2D eigenvalue weighted by molar-refractivity contribution is 7.71. The van der Waals surface area contributed by atoms with Crippen molar-refractivity contribution < 1.29 is 0 Å². The Bertz CT molecular complexity index is 1070. The van der Waals surface area contributed by atoms with Crippen LogP contribution in [0.3, 0.4) is 0 Å². The van der Waals surface area contributed by atoms with Crippen LogP contribution in [0.2, 0.25) is 0 Å². The normalized spacial score (nSPS) is 11.0. The van der Waals surface area contributed by atoms with Crippen LogP contribution in [0.1, 0.15) is 17.0 Å². The van der Waals surface area contributed by atoms with E-state index in [0.29, 0.717) is 4.77 Å². The van der Waals surface area contributed by atoms with Gasteiger partial charge in [0.2, 0.25) is 0 Å². The van der Waals surface area contributed by atoms with Crippen LogP contribution in [0, 0.1) is 11.7 Å². The molecule has 4 rings (SSSR count). The minimum atomic E-state index is 0.625. The minimum absolute atomic E-state index is 0.625. The maximum atomic E-state index is 5.47. The lowest BCUT2D eigenvalue weighted by Crippen LogP contribution is -2.04. The summed E-state index contributed by atoms with van der Waals surface area (Å²) in [6.07, 6.45) is 0.725. The molecule has 4 aromatic rings. The molecule has 0 aliphatic rings. The van der Waals surface area contributed by atoms with E-state index in [2.05, 4.69) is 71.7 Å². The highest BCUT2D eigenvalue weighted by Crippen LogP contribution is 2.23. The number of aromatic nitrogens is 3. The molecular formula is C20H17N3S. The van der Waals surface area contributed by atoms with Gasteiger partial charge in [0.25, 0.3) is 0 Å². The van der Waals surface area contributed by atoms with Gasteiger partial charge in [0, 0.05) is 6.42 Å². The lowest BCUT2D eigenvalue weighted by atomic mass is 10.0. The fourth-order valence-corrected chi connectivity index (χ4v) is 3.38. The quantitative estimate of drug-likeness (QED) is 0.537. The molecule has 0 saturated heterocycles. The van der Waals surface area contributed by atoms with Crippen LogP contribution in [0.15, 0.2) is 66.7 Å². The van der Waals surface area contributed by atoms with Crippen LogP contribution < -0.4 is 0 Å². The number of nitrogens with zero attached hydrogens (tertiary/aromatic N) is 2. The average molecular weight is 331 g/mol. The Kier molecular flexibility index (Phi) is 3.75. The molecule has 3 aromatic carbocycles. The Balaban J connectivity index is 1.85. The van der Waals surface area contributed by atoms with Gasteiger partial charge in [0.1, 0.15) is 5.82 Å². The minimum Gasteiger partial charge on any atom is -0.272 e. The fraction of sp³-hybridized carbons (Fsp3) is 0.100. The number of hydrogen-bond acceptors (Lipinski definition) is 2. The van der Waals surface area contributed by atoms with Gasteiger partial charge in [-0.25, -0.2) is 0 Å². The smallest absolute Gasteiger partial charge is 0.199 e. The number of rotatable bonds is 3. The number of benzene rings is 3. The molecule has 0 unspecified atom stereocenters. The second-order valence-electron chi connectivity index (χ2n) is 5.88. The number of H-pyrrole nitrogens is 1. The molecule has 0 radical (unpaired) electrons. The zero-order valence-electron chi connectivity index (χ0n) is 13.4. The van der Waals surface area contributed by atoms with Gasteiger partial charge in [-0.3, -0.25) is 9.67 Å². The summed E-state index contributed by atoms with van der Waals surface area (Å²) in [5.74, 6) is 0.922. The number of hydrogen-bond donors (Lipinski definition) is 1. The SMILES string of the molecule is Cc1ccccc1-n1c(Cc2cccc3ccccc23)n[nH]c1=S. The third kappa shape index (κ3) is 2.55. The molecular weight excluding hydrogens is 314 g/mol. The monoisotopic (exact) mass is 331 g/mol. The topological polar surface area (TPSA) is 33.6 Å². The summed E-state index contributed by atoms with van der Waals surface area (Å²) in [6.45, 7) is 2.09. The molecule has 1 heterocycles. The van der Waals surface area contributed by atoms with Gasteiger partial charge in [0.15, 0.2) is 4.77 Å². The van der Waals surface area contributed by atoms with Crippen molar-refractivity contribution in [1.82, 2.24) is 14.8 Å². The average Bonchev–Trinajstić information content (AvgIpc) is 2.96. The van der Waals surface area contributed by atoms with E-state index >= 15 is 0 Å². The van der Waals surface area contributed by atoms with Crippen LogP contribution in [0.4, 0.5) is 0 Å². The van der Waals surface area contributed by atoms with Gasteiger partial charge in [0.05, 0.1) is 5.69 Å². The number of aromatic amines is 1. The van der Waals surface area contributed by atoms with E-state index < -0.39 is 0 Å². The van der Waals surface area contributed by atoms with Crippen LogP contribution in [-0.4, -0.2) is 14.8 Å². The Morgan fingerprint density at radius 3 is 2.58 bits per heavy atom. The summed E-state index contributed by atoms with van der Waals surface area (Å²) in [5.41, 5.74) is 3.50. The van der Waals surface area contributed by atoms with E-state index in [1.54, 1.807) is 0 Å². The van der Waals surface area contributed by atoms with Gasteiger partial charge in [-0.15, -0.1) is 0 Å². The van der Waals surface area contributed by atoms with Gasteiger partial charge in [-0.2, -0.15) is 5.10 Å². The maximum absolute atomic E-state index is 5.47. The predicted molar refractivity (Wildman–Crippen MR) is 100 cm³/mol. The van der Waals surface area contributed by atoms with Crippen molar-refractivity contribution in [3.05, 3.63) is 88.5 Å². The zero-order chi connectivity index (χ0) is 16.5. The molecule has 0 spiro atoms. The highest BCUT2D eigenvalue weighted by Gasteiger charge is 2.12. The summed E-state index contributed by atoms with van der Waals surface area (Å²) < 4.78 is 2.66. The van der Waals surface area contributed by atoms with E-state index in [4.69, 9.17) is 12.2 Å². The molecule has 0 bridgehead atoms. The summed E-state index contributed by atoms with van der Waals surface area (Å²) in [4.78, 5) is 0. The van der Waals surface area contributed by atoms with Crippen molar-refractivity contribution in [2.45, 2.75) is 13.3 Å². The van der Waals surface area contributed by atoms with Crippen molar-refractivity contribution in [2.75, 3.05) is 0 Å². The Morgan fingerprint density at radius 2 is 1.71 bits per heavy atom. The largest absolute Gasteiger partial charge is 0.272 e. The van der Waals surface area contributed by atoms with Crippen LogP contribution in [0.25, 0.3) is 16.5 Å². The van der Waals surface area contributed by atoms with E-state index in [1.165, 1.54) is 21.9 Å². The Labute approximate surface area is 145 Å². The molecule has 0 atom stereocenters. The van der Waals surface area contributed by atoms with Crippen molar-refractivity contribution in [3.8, 4) is 5.69 Å². The first kappa shape index (κ1) is 14.8. The molecule has 3 nitrogen and oxygen atoms in total. The van der Waals surface area contributed by atoms with E-state index in [0.717, 1.165) is 17.9 Å². The molecule has 0 aliphatic heterocycles. The number of aryl methyl sites for hydroxylation is 1. The summed E-state index contributed by atoms with van der Waals surface area (Å²) >= 11 is 5.47. The van der Waals surface area contributed by atoms with E-state index in [9.17, 15) is 0 Å². The number of fused-ring (bicyclic) bond motifs is 1. The molecule has 1 N–H and O–H groups in total. The summed E-state index contributed by atoms with van der Waals surface area (Å²) in [7, 11) is 0.